The summed E-state index contributed by atoms with van der Waals surface area (Å²) in [5.41, 5.74) is 0.176. The Bertz CT molecular complexity index is 624. The largest absolute Gasteiger partial charge is 0.335 e. The lowest BCUT2D eigenvalue weighted by Crippen LogP contribution is -3.16. The number of quaternary nitrogens is 1. The molecule has 134 valence electrons. The van der Waals surface area contributed by atoms with Gasteiger partial charge in [-0.1, -0.05) is 38.0 Å². The minimum atomic E-state index is -0.540. The van der Waals surface area contributed by atoms with E-state index in [2.05, 4.69) is 11.2 Å². The molecule has 1 heterocycles. The van der Waals surface area contributed by atoms with Gasteiger partial charge in [-0.3, -0.25) is 9.59 Å². The second-order valence-electron chi connectivity index (χ2n) is 6.57. The van der Waals surface area contributed by atoms with Crippen molar-refractivity contribution in [2.75, 3.05) is 32.7 Å². The van der Waals surface area contributed by atoms with Gasteiger partial charge in [-0.2, -0.15) is 0 Å². The molecule has 2 amide bonds. The highest BCUT2D eigenvalue weighted by atomic mass is 16.2. The van der Waals surface area contributed by atoms with Crippen molar-refractivity contribution in [2.45, 2.75) is 32.2 Å². The zero-order valence-electron chi connectivity index (χ0n) is 15.2. The number of terminal acetylenes is 1. The Kier molecular flexibility index (Phi) is 6.60. The van der Waals surface area contributed by atoms with E-state index in [4.69, 9.17) is 6.42 Å². The number of piperazine rings is 1. The van der Waals surface area contributed by atoms with Gasteiger partial charge in [0.2, 0.25) is 0 Å². The van der Waals surface area contributed by atoms with Gasteiger partial charge >= 0.3 is 0 Å². The van der Waals surface area contributed by atoms with Gasteiger partial charge in [0, 0.05) is 5.56 Å². The Balaban J connectivity index is 1.83. The lowest BCUT2D eigenvalue weighted by molar-refractivity contribution is -0.896. The second-order valence-corrected chi connectivity index (χ2v) is 6.57. The average molecular weight is 342 g/mol. The molecule has 25 heavy (non-hydrogen) atoms. The predicted octanol–water partition coefficient (Wildman–Crippen LogP) is 0.336. The summed E-state index contributed by atoms with van der Waals surface area (Å²) in [5, 5.41) is 3.01. The zero-order valence-corrected chi connectivity index (χ0v) is 15.2. The Labute approximate surface area is 150 Å². The maximum atomic E-state index is 12.4. The average Bonchev–Trinajstić information content (AvgIpc) is 2.67. The number of hydrogen-bond acceptors (Lipinski definition) is 2. The first-order valence-electron chi connectivity index (χ1n) is 9.00. The third kappa shape index (κ3) is 4.83. The standard InChI is InChI=1S/C20H27N3O2/c1-4-20(5-2,6-3)21-18(24)16-22-12-14-23(15-13-22)19(25)17-10-8-7-9-11-17/h1,7-11H,5-6,12-16H2,2-3H3,(H,21,24)/p+1. The Morgan fingerprint density at radius 2 is 1.80 bits per heavy atom. The number of amides is 2. The SMILES string of the molecule is C#CC(CC)(CC)NC(=O)C[NH+]1CCN(C(=O)c2ccccc2)CC1. The lowest BCUT2D eigenvalue weighted by Gasteiger charge is -2.33. The molecule has 0 radical (unpaired) electrons. The van der Waals surface area contributed by atoms with E-state index < -0.39 is 5.54 Å². The van der Waals surface area contributed by atoms with Crippen LogP contribution in [0.25, 0.3) is 0 Å². The Hall–Kier alpha value is -2.32. The summed E-state index contributed by atoms with van der Waals surface area (Å²) in [7, 11) is 0. The maximum absolute atomic E-state index is 12.4. The number of nitrogens with one attached hydrogen (secondary N) is 2. The van der Waals surface area contributed by atoms with Crippen molar-refractivity contribution in [3.63, 3.8) is 0 Å². The van der Waals surface area contributed by atoms with Crippen LogP contribution < -0.4 is 10.2 Å². The fourth-order valence-electron chi connectivity index (χ4n) is 3.17. The van der Waals surface area contributed by atoms with Crippen molar-refractivity contribution in [1.82, 2.24) is 10.2 Å². The predicted molar refractivity (Wildman–Crippen MR) is 98.2 cm³/mol. The van der Waals surface area contributed by atoms with Gasteiger partial charge in [0.15, 0.2) is 6.54 Å². The van der Waals surface area contributed by atoms with Gasteiger partial charge in [0.1, 0.15) is 5.54 Å². The van der Waals surface area contributed by atoms with Crippen LogP contribution in [-0.4, -0.2) is 55.0 Å². The summed E-state index contributed by atoms with van der Waals surface area (Å²) < 4.78 is 0. The molecule has 2 rings (SSSR count). The molecule has 2 N–H and O–H groups in total. The van der Waals surface area contributed by atoms with Gasteiger partial charge in [-0.05, 0) is 25.0 Å². The number of carbonyl (C=O) groups excluding carboxylic acids is 2. The lowest BCUT2D eigenvalue weighted by atomic mass is 9.94. The molecule has 1 aliphatic rings. The van der Waals surface area contributed by atoms with E-state index in [0.29, 0.717) is 25.2 Å². The minimum absolute atomic E-state index is 0.0144. The van der Waals surface area contributed by atoms with Crippen LogP contribution in [0.5, 0.6) is 0 Å². The quantitative estimate of drug-likeness (QED) is 0.733. The molecule has 0 aromatic heterocycles. The van der Waals surface area contributed by atoms with E-state index in [0.717, 1.165) is 25.9 Å². The number of hydrogen-bond donors (Lipinski definition) is 2. The van der Waals surface area contributed by atoms with Crippen LogP contribution in [0, 0.1) is 12.3 Å². The molecule has 5 heteroatoms. The van der Waals surface area contributed by atoms with Crippen molar-refractivity contribution in [3.05, 3.63) is 35.9 Å². The molecule has 0 spiro atoms. The number of rotatable bonds is 6. The zero-order chi connectivity index (χ0) is 18.3. The summed E-state index contributed by atoms with van der Waals surface area (Å²) >= 11 is 0. The first kappa shape index (κ1) is 19.0. The van der Waals surface area contributed by atoms with Crippen LogP contribution in [0.15, 0.2) is 30.3 Å². The van der Waals surface area contributed by atoms with E-state index in [9.17, 15) is 9.59 Å². The van der Waals surface area contributed by atoms with Crippen molar-refractivity contribution < 1.29 is 14.5 Å². The minimum Gasteiger partial charge on any atom is -0.335 e. The first-order valence-corrected chi connectivity index (χ1v) is 9.00. The third-order valence-corrected chi connectivity index (χ3v) is 5.05. The van der Waals surface area contributed by atoms with Crippen LogP contribution in [-0.2, 0) is 4.79 Å². The van der Waals surface area contributed by atoms with E-state index in [1.807, 2.05) is 49.1 Å². The molecule has 1 saturated heterocycles. The van der Waals surface area contributed by atoms with E-state index in [1.165, 1.54) is 4.90 Å². The second kappa shape index (κ2) is 8.68. The highest BCUT2D eigenvalue weighted by molar-refractivity contribution is 5.94. The smallest absolute Gasteiger partial charge is 0.276 e. The third-order valence-electron chi connectivity index (χ3n) is 5.05. The van der Waals surface area contributed by atoms with Crippen LogP contribution in [0.2, 0.25) is 0 Å². The fraction of sp³-hybridized carbons (Fsp3) is 0.500. The molecule has 0 saturated carbocycles. The normalized spacial score (nSPS) is 15.5. The molecule has 1 aliphatic heterocycles. The molecule has 0 bridgehead atoms. The topological polar surface area (TPSA) is 53.9 Å². The van der Waals surface area contributed by atoms with Crippen molar-refractivity contribution in [3.8, 4) is 12.3 Å². The molecule has 0 atom stereocenters. The van der Waals surface area contributed by atoms with Gasteiger partial charge in [0.25, 0.3) is 11.8 Å². The molecule has 0 unspecified atom stereocenters. The molecular formula is C20H28N3O2+. The Morgan fingerprint density at radius 3 is 2.32 bits per heavy atom. The molecule has 1 aromatic carbocycles. The van der Waals surface area contributed by atoms with Crippen molar-refractivity contribution in [1.29, 1.82) is 0 Å². The highest BCUT2D eigenvalue weighted by Crippen LogP contribution is 2.13. The summed E-state index contributed by atoms with van der Waals surface area (Å²) in [6.45, 7) is 7.25. The molecule has 1 fully saturated rings. The van der Waals surface area contributed by atoms with E-state index >= 15 is 0 Å². The summed E-state index contributed by atoms with van der Waals surface area (Å²) in [5.74, 6) is 2.78. The molecule has 5 nitrogen and oxygen atoms in total. The summed E-state index contributed by atoms with van der Waals surface area (Å²) in [4.78, 5) is 27.8. The number of carbonyl (C=O) groups is 2. The summed E-state index contributed by atoms with van der Waals surface area (Å²) in [6, 6.07) is 9.32. The maximum Gasteiger partial charge on any atom is 0.276 e. The van der Waals surface area contributed by atoms with E-state index in [1.54, 1.807) is 0 Å². The van der Waals surface area contributed by atoms with Gasteiger partial charge in [0.05, 0.1) is 26.2 Å². The van der Waals surface area contributed by atoms with Crippen LogP contribution in [0.1, 0.15) is 37.0 Å². The number of nitrogens with zero attached hydrogens (tertiary/aromatic N) is 1. The monoisotopic (exact) mass is 342 g/mol. The highest BCUT2D eigenvalue weighted by Gasteiger charge is 2.29. The first-order chi connectivity index (χ1) is 12.0. The molecule has 1 aromatic rings. The van der Waals surface area contributed by atoms with Crippen molar-refractivity contribution in [2.24, 2.45) is 0 Å². The molecular weight excluding hydrogens is 314 g/mol. The molecule has 0 aliphatic carbocycles. The van der Waals surface area contributed by atoms with Crippen LogP contribution >= 0.6 is 0 Å². The van der Waals surface area contributed by atoms with Crippen molar-refractivity contribution >= 4 is 11.8 Å². The van der Waals surface area contributed by atoms with Crippen LogP contribution in [0.3, 0.4) is 0 Å². The Morgan fingerprint density at radius 1 is 1.20 bits per heavy atom. The fourth-order valence-corrected chi connectivity index (χ4v) is 3.17. The van der Waals surface area contributed by atoms with Crippen LogP contribution in [0.4, 0.5) is 0 Å². The van der Waals surface area contributed by atoms with Gasteiger partial charge in [-0.15, -0.1) is 6.42 Å². The summed E-state index contributed by atoms with van der Waals surface area (Å²) in [6.07, 6.45) is 7.05. The number of benzene rings is 1. The van der Waals surface area contributed by atoms with E-state index in [-0.39, 0.29) is 11.8 Å². The van der Waals surface area contributed by atoms with Gasteiger partial charge < -0.3 is 15.1 Å². The van der Waals surface area contributed by atoms with Gasteiger partial charge in [-0.25, -0.2) is 0 Å².